The van der Waals surface area contributed by atoms with Gasteiger partial charge >= 0.3 is 39.3 Å². The molecule has 0 spiro atoms. The second-order valence-electron chi connectivity index (χ2n) is 9.55. The maximum atomic E-state index is 14.2. The minimum absolute atomic E-state index is 0.101. The summed E-state index contributed by atoms with van der Waals surface area (Å²) >= 11 is 0. The first-order valence-corrected chi connectivity index (χ1v) is 12.5. The zero-order valence-corrected chi connectivity index (χ0v) is 19.2. The van der Waals surface area contributed by atoms with Crippen molar-refractivity contribution in [1.82, 2.24) is 0 Å². The van der Waals surface area contributed by atoms with Crippen molar-refractivity contribution in [3.05, 3.63) is 0 Å². The average molecular weight is 522 g/mol. The largest absolute Gasteiger partial charge is 0.468 e. The smallest absolute Gasteiger partial charge is 0.461 e. The Balaban J connectivity index is 1.88. The topological polar surface area (TPSA) is 116 Å². The average Bonchev–Trinajstić information content (AvgIpc) is 2.68. The van der Waals surface area contributed by atoms with Gasteiger partial charge in [-0.3, -0.25) is 9.35 Å². The minimum atomic E-state index is -5.96. The quantitative estimate of drug-likeness (QED) is 0.199. The van der Waals surface area contributed by atoms with Crippen LogP contribution in [0.25, 0.3) is 0 Å². The van der Waals surface area contributed by atoms with E-state index in [9.17, 15) is 40.0 Å². The highest BCUT2D eigenvalue weighted by atomic mass is 32.2. The van der Waals surface area contributed by atoms with Crippen LogP contribution >= 0.6 is 0 Å². The molecule has 0 saturated heterocycles. The van der Waals surface area contributed by atoms with Gasteiger partial charge < -0.3 is 14.2 Å². The first-order valence-electron chi connectivity index (χ1n) is 11.0. The lowest BCUT2D eigenvalue weighted by Crippen LogP contribution is -2.61. The zero-order valence-electron chi connectivity index (χ0n) is 18.4. The number of esters is 2. The number of carbonyl (C=O) groups is 2. The molecule has 0 aromatic carbocycles. The van der Waals surface area contributed by atoms with E-state index in [1.807, 2.05) is 0 Å². The van der Waals surface area contributed by atoms with E-state index in [0.717, 1.165) is 19.3 Å². The number of halogens is 5. The second kappa shape index (κ2) is 9.16. The van der Waals surface area contributed by atoms with Gasteiger partial charge in [-0.15, -0.1) is 0 Å². The van der Waals surface area contributed by atoms with Crippen LogP contribution in [0.15, 0.2) is 0 Å². The lowest BCUT2D eigenvalue weighted by Gasteiger charge is -2.55. The van der Waals surface area contributed by atoms with E-state index in [2.05, 4.69) is 9.47 Å². The Hall–Kier alpha value is -1.54. The van der Waals surface area contributed by atoms with E-state index in [0.29, 0.717) is 0 Å². The van der Waals surface area contributed by atoms with E-state index in [-0.39, 0.29) is 43.4 Å². The summed E-state index contributed by atoms with van der Waals surface area (Å²) in [7, 11) is -5.96. The number of carbonyl (C=O) groups excluding carboxylic acids is 2. The van der Waals surface area contributed by atoms with Gasteiger partial charge in [-0.05, 0) is 62.7 Å². The van der Waals surface area contributed by atoms with Crippen molar-refractivity contribution in [2.75, 3.05) is 13.2 Å². The fourth-order valence-corrected chi connectivity index (χ4v) is 6.06. The van der Waals surface area contributed by atoms with Crippen molar-refractivity contribution in [3.63, 3.8) is 0 Å². The predicted molar refractivity (Wildman–Crippen MR) is 104 cm³/mol. The maximum absolute atomic E-state index is 14.2. The molecule has 4 aliphatic rings. The van der Waals surface area contributed by atoms with Gasteiger partial charge in [-0.2, -0.15) is 30.4 Å². The van der Waals surface area contributed by atoms with Crippen LogP contribution in [0.2, 0.25) is 0 Å². The molecule has 1 unspecified atom stereocenters. The molecule has 0 aliphatic heterocycles. The summed E-state index contributed by atoms with van der Waals surface area (Å²) in [5.74, 6) is -7.42. The van der Waals surface area contributed by atoms with E-state index in [1.54, 1.807) is 0 Å². The summed E-state index contributed by atoms with van der Waals surface area (Å²) in [4.78, 5) is 25.6. The molecule has 0 heterocycles. The molecule has 4 bridgehead atoms. The van der Waals surface area contributed by atoms with Gasteiger partial charge in [-0.1, -0.05) is 6.92 Å². The molecule has 0 aromatic rings. The number of ether oxygens (including phenoxy) is 3. The molecule has 4 fully saturated rings. The van der Waals surface area contributed by atoms with Crippen LogP contribution in [0.3, 0.4) is 0 Å². The van der Waals surface area contributed by atoms with Crippen molar-refractivity contribution >= 4 is 22.1 Å². The minimum Gasteiger partial charge on any atom is -0.461 e. The molecule has 1 N–H and O–H groups in total. The molecule has 4 saturated carbocycles. The molecule has 34 heavy (non-hydrogen) atoms. The van der Waals surface area contributed by atoms with Gasteiger partial charge in [0.15, 0.2) is 0 Å². The van der Waals surface area contributed by atoms with Gasteiger partial charge in [0.1, 0.15) is 0 Å². The predicted octanol–water partition coefficient (Wildman–Crippen LogP) is 3.85. The van der Waals surface area contributed by atoms with Crippen molar-refractivity contribution in [3.8, 4) is 0 Å². The molecule has 8 nitrogen and oxygen atoms in total. The summed E-state index contributed by atoms with van der Waals surface area (Å²) in [5.41, 5.74) is -1.25. The van der Waals surface area contributed by atoms with Gasteiger partial charge in [0.25, 0.3) is 0 Å². The molecule has 196 valence electrons. The highest BCUT2D eigenvalue weighted by molar-refractivity contribution is 7.86. The van der Waals surface area contributed by atoms with Crippen molar-refractivity contribution in [2.24, 2.45) is 23.2 Å². The third-order valence-electron chi connectivity index (χ3n) is 6.86. The molecule has 14 heteroatoms. The molecule has 0 amide bonds. The van der Waals surface area contributed by atoms with E-state index in [4.69, 9.17) is 9.29 Å². The van der Waals surface area contributed by atoms with Gasteiger partial charge in [-0.25, -0.2) is 4.79 Å². The maximum Gasteiger partial charge on any atom is 0.468 e. The molecular weight excluding hydrogens is 495 g/mol. The monoisotopic (exact) mass is 522 g/mol. The Kier molecular flexibility index (Phi) is 7.29. The van der Waals surface area contributed by atoms with Crippen molar-refractivity contribution in [2.45, 2.75) is 75.5 Å². The van der Waals surface area contributed by atoms with Crippen LogP contribution in [-0.2, 0) is 33.9 Å². The third-order valence-corrected chi connectivity index (χ3v) is 7.82. The first-order chi connectivity index (χ1) is 15.6. The third kappa shape index (κ3) is 5.03. The van der Waals surface area contributed by atoms with E-state index < -0.39 is 64.3 Å². The standard InChI is InChI=1S/C20H27F5O8S/c1-2-4-31-16(27)19(20(23,24)25,32-5-3-18(21,22)34(28,29)30)33-15(26)17-9-12-6-13(10-17)8-14(7-12)11-17/h12-14H,2-11H2,1H3,(H,28,29,30). The Morgan fingerprint density at radius 3 is 1.88 bits per heavy atom. The highest BCUT2D eigenvalue weighted by Gasteiger charge is 2.70. The SMILES string of the molecule is CCCOC(=O)C(OCCC(F)(F)S(=O)(=O)O)(OC(=O)C12CC3CC(CC(C3)C1)C2)C(F)(F)F. The molecule has 4 aliphatic carbocycles. The van der Waals surface area contributed by atoms with E-state index >= 15 is 0 Å². The molecule has 0 radical (unpaired) electrons. The van der Waals surface area contributed by atoms with Crippen molar-refractivity contribution in [1.29, 1.82) is 0 Å². The summed E-state index contributed by atoms with van der Waals surface area (Å²) in [6, 6.07) is 0. The molecular formula is C20H27F5O8S. The number of alkyl halides is 5. The van der Waals surface area contributed by atoms with Crippen LogP contribution in [0.4, 0.5) is 22.0 Å². The fraction of sp³-hybridized carbons (Fsp3) is 0.900. The summed E-state index contributed by atoms with van der Waals surface area (Å²) in [6.45, 7) is -0.713. The number of hydrogen-bond acceptors (Lipinski definition) is 7. The normalized spacial score (nSPS) is 30.6. The summed E-state index contributed by atoms with van der Waals surface area (Å²) < 4.78 is 113. The molecule has 0 aromatic heterocycles. The Labute approximate surface area is 193 Å². The zero-order chi connectivity index (χ0) is 25.6. The first kappa shape index (κ1) is 27.1. The summed E-state index contributed by atoms with van der Waals surface area (Å²) in [6.07, 6.45) is -4.12. The van der Waals surface area contributed by atoms with Gasteiger partial charge in [0.2, 0.25) is 0 Å². The van der Waals surface area contributed by atoms with Gasteiger partial charge in [0.05, 0.1) is 25.0 Å². The Morgan fingerprint density at radius 2 is 1.47 bits per heavy atom. The Morgan fingerprint density at radius 1 is 0.971 bits per heavy atom. The number of hydrogen-bond donors (Lipinski definition) is 1. The Bertz CT molecular complexity index is 868. The molecule has 1 atom stereocenters. The van der Waals surface area contributed by atoms with E-state index in [1.165, 1.54) is 6.92 Å². The second-order valence-corrected chi connectivity index (χ2v) is 11.1. The van der Waals surface area contributed by atoms with Crippen molar-refractivity contribution < 1.29 is 58.7 Å². The summed E-state index contributed by atoms with van der Waals surface area (Å²) in [5, 5.41) is -4.86. The van der Waals surface area contributed by atoms with Crippen LogP contribution in [-0.4, -0.2) is 55.3 Å². The fourth-order valence-electron chi connectivity index (χ4n) is 5.72. The van der Waals surface area contributed by atoms with Crippen LogP contribution in [0.5, 0.6) is 0 Å². The van der Waals surface area contributed by atoms with Crippen LogP contribution < -0.4 is 0 Å². The highest BCUT2D eigenvalue weighted by Crippen LogP contribution is 2.61. The van der Waals surface area contributed by atoms with Crippen LogP contribution in [0.1, 0.15) is 58.3 Å². The molecule has 4 rings (SSSR count). The lowest BCUT2D eigenvalue weighted by atomic mass is 9.49. The number of rotatable bonds is 10. The lowest BCUT2D eigenvalue weighted by molar-refractivity contribution is -0.360. The van der Waals surface area contributed by atoms with Gasteiger partial charge in [0, 0.05) is 0 Å². The van der Waals surface area contributed by atoms with Crippen LogP contribution in [0, 0.1) is 23.2 Å².